The molecule has 0 radical (unpaired) electrons. The van der Waals surface area contributed by atoms with Gasteiger partial charge in [0.25, 0.3) is 12.3 Å². The van der Waals surface area contributed by atoms with Crippen molar-refractivity contribution in [2.24, 2.45) is 0 Å². The van der Waals surface area contributed by atoms with Crippen molar-refractivity contribution >= 4 is 5.91 Å². The summed E-state index contributed by atoms with van der Waals surface area (Å²) in [5, 5.41) is 6.66. The lowest BCUT2D eigenvalue weighted by molar-refractivity contribution is 0.0924. The zero-order valence-corrected chi connectivity index (χ0v) is 12.7. The highest BCUT2D eigenvalue weighted by Gasteiger charge is 2.23. The Balaban J connectivity index is 1.75. The Bertz CT molecular complexity index is 733. The molecule has 1 atom stereocenters. The molecule has 0 bridgehead atoms. The number of rotatable bonds is 4. The highest BCUT2D eigenvalue weighted by atomic mass is 19.3. The fourth-order valence-electron chi connectivity index (χ4n) is 2.65. The van der Waals surface area contributed by atoms with Gasteiger partial charge in [0.05, 0.1) is 12.6 Å². The van der Waals surface area contributed by atoms with Crippen LogP contribution in [0, 0.1) is 5.82 Å². The highest BCUT2D eigenvalue weighted by molar-refractivity contribution is 5.92. The number of carbonyl (C=O) groups excluding carboxylic acids is 1. The molecule has 0 spiro atoms. The molecule has 0 saturated heterocycles. The maximum atomic E-state index is 13.3. The number of halogens is 3. The molecule has 1 aliphatic heterocycles. The molecule has 2 heterocycles. The van der Waals surface area contributed by atoms with Gasteiger partial charge in [0, 0.05) is 17.8 Å². The zero-order chi connectivity index (χ0) is 17.1. The van der Waals surface area contributed by atoms with Gasteiger partial charge in [-0.25, -0.2) is 13.2 Å². The van der Waals surface area contributed by atoms with Crippen LogP contribution in [0.15, 0.2) is 30.5 Å². The number of aromatic nitrogens is 2. The summed E-state index contributed by atoms with van der Waals surface area (Å²) in [6.45, 7) is -0.126. The van der Waals surface area contributed by atoms with Crippen LogP contribution < -0.4 is 10.1 Å². The number of carbonyl (C=O) groups is 1. The fraction of sp³-hybridized carbons (Fsp3) is 0.375. The van der Waals surface area contributed by atoms with Gasteiger partial charge < -0.3 is 10.1 Å². The summed E-state index contributed by atoms with van der Waals surface area (Å²) >= 11 is 0. The summed E-state index contributed by atoms with van der Waals surface area (Å²) in [6.07, 6.45) is 0.116. The number of ether oxygens (including phenoxy) is 1. The Morgan fingerprint density at radius 3 is 3.04 bits per heavy atom. The van der Waals surface area contributed by atoms with Crippen LogP contribution in [0.25, 0.3) is 0 Å². The third kappa shape index (κ3) is 3.69. The molecule has 24 heavy (non-hydrogen) atoms. The van der Waals surface area contributed by atoms with Gasteiger partial charge >= 0.3 is 0 Å². The van der Waals surface area contributed by atoms with E-state index in [-0.39, 0.29) is 11.7 Å². The normalized spacial score (nSPS) is 17.1. The molecule has 3 rings (SSSR count). The Morgan fingerprint density at radius 1 is 1.42 bits per heavy atom. The summed E-state index contributed by atoms with van der Waals surface area (Å²) in [5.41, 5.74) is 0.749. The molecule has 0 saturated carbocycles. The first-order chi connectivity index (χ1) is 11.5. The SMILES string of the molecule is O=C(N[C@@H]1CCCOc2cc(F)ccc21)c1ccn(CC(F)F)n1. The smallest absolute Gasteiger partial charge is 0.272 e. The lowest BCUT2D eigenvalue weighted by Crippen LogP contribution is -2.29. The molecular formula is C16H16F3N3O2. The van der Waals surface area contributed by atoms with Crippen LogP contribution in [-0.4, -0.2) is 28.7 Å². The van der Waals surface area contributed by atoms with Gasteiger partial charge in [0.15, 0.2) is 0 Å². The molecule has 1 aromatic heterocycles. The van der Waals surface area contributed by atoms with E-state index in [1.807, 2.05) is 0 Å². The van der Waals surface area contributed by atoms with E-state index < -0.39 is 24.7 Å². The van der Waals surface area contributed by atoms with E-state index in [1.165, 1.54) is 24.4 Å². The molecule has 1 aromatic carbocycles. The van der Waals surface area contributed by atoms with Gasteiger partial charge in [0.2, 0.25) is 0 Å². The van der Waals surface area contributed by atoms with E-state index in [9.17, 15) is 18.0 Å². The fourth-order valence-corrected chi connectivity index (χ4v) is 2.65. The molecule has 2 aromatic rings. The molecule has 0 unspecified atom stereocenters. The average molecular weight is 339 g/mol. The molecular weight excluding hydrogens is 323 g/mol. The first-order valence-electron chi connectivity index (χ1n) is 7.57. The molecule has 0 aliphatic carbocycles. The van der Waals surface area contributed by atoms with E-state index in [4.69, 9.17) is 4.74 Å². The number of fused-ring (bicyclic) bond motifs is 1. The van der Waals surface area contributed by atoms with Crippen molar-refractivity contribution in [2.75, 3.05) is 6.61 Å². The van der Waals surface area contributed by atoms with Crippen molar-refractivity contribution in [3.05, 3.63) is 47.5 Å². The third-order valence-corrected chi connectivity index (χ3v) is 3.75. The Kier molecular flexibility index (Phi) is 4.73. The topological polar surface area (TPSA) is 56.1 Å². The van der Waals surface area contributed by atoms with Crippen molar-refractivity contribution in [1.29, 1.82) is 0 Å². The lowest BCUT2D eigenvalue weighted by atomic mass is 10.0. The van der Waals surface area contributed by atoms with Crippen molar-refractivity contribution in [1.82, 2.24) is 15.1 Å². The first-order valence-corrected chi connectivity index (χ1v) is 7.57. The summed E-state index contributed by atoms with van der Waals surface area (Å²) in [7, 11) is 0. The van der Waals surface area contributed by atoms with E-state index in [0.717, 1.165) is 4.68 Å². The Hall–Kier alpha value is -2.51. The quantitative estimate of drug-likeness (QED) is 0.932. The van der Waals surface area contributed by atoms with Crippen LogP contribution in [0.1, 0.15) is 34.9 Å². The van der Waals surface area contributed by atoms with E-state index in [1.54, 1.807) is 6.07 Å². The van der Waals surface area contributed by atoms with Crippen molar-refractivity contribution in [3.63, 3.8) is 0 Å². The molecule has 128 valence electrons. The van der Waals surface area contributed by atoms with Gasteiger partial charge in [0.1, 0.15) is 23.8 Å². The average Bonchev–Trinajstić information content (AvgIpc) is 2.89. The van der Waals surface area contributed by atoms with Crippen molar-refractivity contribution in [3.8, 4) is 5.75 Å². The molecule has 1 N–H and O–H groups in total. The molecule has 0 fully saturated rings. The van der Waals surface area contributed by atoms with Crippen LogP contribution in [0.3, 0.4) is 0 Å². The summed E-state index contributed by atoms with van der Waals surface area (Å²) in [6, 6.07) is 5.21. The molecule has 1 amide bonds. The van der Waals surface area contributed by atoms with E-state index in [0.29, 0.717) is 30.8 Å². The third-order valence-electron chi connectivity index (χ3n) is 3.75. The lowest BCUT2D eigenvalue weighted by Gasteiger charge is -2.17. The predicted molar refractivity (Wildman–Crippen MR) is 79.6 cm³/mol. The van der Waals surface area contributed by atoms with Gasteiger partial charge in [-0.05, 0) is 25.0 Å². The first kappa shape index (κ1) is 16.4. The highest BCUT2D eigenvalue weighted by Crippen LogP contribution is 2.32. The van der Waals surface area contributed by atoms with Gasteiger partial charge in [-0.3, -0.25) is 9.48 Å². The van der Waals surface area contributed by atoms with Gasteiger partial charge in [-0.15, -0.1) is 0 Å². The van der Waals surface area contributed by atoms with Crippen LogP contribution in [-0.2, 0) is 6.54 Å². The minimum absolute atomic E-state index is 0.0597. The van der Waals surface area contributed by atoms with Gasteiger partial charge in [-0.2, -0.15) is 5.10 Å². The number of nitrogens with one attached hydrogen (secondary N) is 1. The second kappa shape index (κ2) is 6.94. The summed E-state index contributed by atoms with van der Waals surface area (Å²) in [5.74, 6) is -0.474. The second-order valence-corrected chi connectivity index (χ2v) is 5.51. The van der Waals surface area contributed by atoms with E-state index in [2.05, 4.69) is 10.4 Å². The number of nitrogens with zero attached hydrogens (tertiary/aromatic N) is 2. The number of benzene rings is 1. The largest absolute Gasteiger partial charge is 0.493 e. The maximum Gasteiger partial charge on any atom is 0.272 e. The second-order valence-electron chi connectivity index (χ2n) is 5.51. The van der Waals surface area contributed by atoms with Crippen molar-refractivity contribution in [2.45, 2.75) is 31.9 Å². The van der Waals surface area contributed by atoms with Crippen LogP contribution in [0.5, 0.6) is 5.75 Å². The van der Waals surface area contributed by atoms with Crippen LogP contribution in [0.2, 0.25) is 0 Å². The minimum atomic E-state index is -2.54. The zero-order valence-electron chi connectivity index (χ0n) is 12.7. The number of hydrogen-bond donors (Lipinski definition) is 1. The number of hydrogen-bond acceptors (Lipinski definition) is 3. The standard InChI is InChI=1S/C16H16F3N3O2/c17-10-3-4-11-12(2-1-7-24-14(11)8-10)20-16(23)13-5-6-22(21-13)9-15(18)19/h3-6,8,12,15H,1-2,7,9H2,(H,20,23)/t12-/m1/s1. The summed E-state index contributed by atoms with van der Waals surface area (Å²) < 4.78 is 44.6. The molecule has 5 nitrogen and oxygen atoms in total. The molecule has 1 aliphatic rings. The predicted octanol–water partition coefficient (Wildman–Crippen LogP) is 2.93. The maximum absolute atomic E-state index is 13.3. The van der Waals surface area contributed by atoms with E-state index >= 15 is 0 Å². The minimum Gasteiger partial charge on any atom is -0.493 e. The number of alkyl halides is 2. The van der Waals surface area contributed by atoms with Crippen LogP contribution >= 0.6 is 0 Å². The van der Waals surface area contributed by atoms with Gasteiger partial charge in [-0.1, -0.05) is 6.07 Å². The monoisotopic (exact) mass is 339 g/mol. The number of amides is 1. The molecule has 8 heteroatoms. The van der Waals surface area contributed by atoms with Crippen LogP contribution in [0.4, 0.5) is 13.2 Å². The Morgan fingerprint density at radius 2 is 2.25 bits per heavy atom. The van der Waals surface area contributed by atoms with Crippen molar-refractivity contribution < 1.29 is 22.7 Å². The summed E-state index contributed by atoms with van der Waals surface area (Å²) in [4.78, 5) is 12.3. The Labute approximate surface area is 136 Å².